The van der Waals surface area contributed by atoms with Gasteiger partial charge in [0.15, 0.2) is 0 Å². The van der Waals surface area contributed by atoms with Crippen molar-refractivity contribution in [2.45, 2.75) is 26.5 Å². The van der Waals surface area contributed by atoms with Crippen LogP contribution in [0.1, 0.15) is 29.1 Å². The first kappa shape index (κ1) is 17.4. The Hall–Kier alpha value is -1.99. The molecule has 2 aromatic rings. The smallest absolute Gasteiger partial charge is 0.262 e. The van der Waals surface area contributed by atoms with Crippen LogP contribution >= 0.6 is 11.3 Å². The minimum atomic E-state index is -0.406. The number of hydrogen-bond acceptors (Lipinski definition) is 4. The SMILES string of the molecule is COCc1c(C(=O)NCC(=O)NC(C)C)sc2cccc(F)c12. The van der Waals surface area contributed by atoms with E-state index in [9.17, 15) is 14.0 Å². The molecule has 1 heterocycles. The molecule has 0 bridgehead atoms. The highest BCUT2D eigenvalue weighted by molar-refractivity contribution is 7.21. The Balaban J connectivity index is 2.24. The third-order valence-corrected chi connectivity index (χ3v) is 4.31. The van der Waals surface area contributed by atoms with Crippen molar-refractivity contribution in [1.82, 2.24) is 10.6 Å². The number of benzene rings is 1. The largest absolute Gasteiger partial charge is 0.380 e. The van der Waals surface area contributed by atoms with Crippen LogP contribution in [0.3, 0.4) is 0 Å². The average molecular weight is 338 g/mol. The fourth-order valence-electron chi connectivity index (χ4n) is 2.25. The second-order valence-electron chi connectivity index (χ2n) is 5.36. The fraction of sp³-hybridized carbons (Fsp3) is 0.375. The first-order valence-electron chi connectivity index (χ1n) is 7.20. The zero-order valence-corrected chi connectivity index (χ0v) is 14.1. The molecule has 2 amide bonds. The van der Waals surface area contributed by atoms with E-state index in [1.54, 1.807) is 12.1 Å². The van der Waals surface area contributed by atoms with Gasteiger partial charge in [0.05, 0.1) is 18.0 Å². The third-order valence-electron chi connectivity index (χ3n) is 3.12. The molecule has 0 aliphatic heterocycles. The second kappa shape index (κ2) is 7.52. The van der Waals surface area contributed by atoms with Gasteiger partial charge in [0.2, 0.25) is 5.91 Å². The van der Waals surface area contributed by atoms with Gasteiger partial charge in [0.25, 0.3) is 5.91 Å². The maximum absolute atomic E-state index is 14.1. The summed E-state index contributed by atoms with van der Waals surface area (Å²) in [4.78, 5) is 24.3. The summed E-state index contributed by atoms with van der Waals surface area (Å²) in [7, 11) is 1.49. The van der Waals surface area contributed by atoms with Gasteiger partial charge >= 0.3 is 0 Å². The molecule has 23 heavy (non-hydrogen) atoms. The van der Waals surface area contributed by atoms with Gasteiger partial charge in [0.1, 0.15) is 5.82 Å². The molecule has 1 aromatic heterocycles. The maximum Gasteiger partial charge on any atom is 0.262 e. The fourth-order valence-corrected chi connectivity index (χ4v) is 3.38. The molecule has 0 spiro atoms. The summed E-state index contributed by atoms with van der Waals surface area (Å²) in [6.07, 6.45) is 0. The molecule has 0 aliphatic carbocycles. The third kappa shape index (κ3) is 4.05. The second-order valence-corrected chi connectivity index (χ2v) is 6.41. The Morgan fingerprint density at radius 2 is 2.09 bits per heavy atom. The first-order chi connectivity index (χ1) is 10.9. The highest BCUT2D eigenvalue weighted by Gasteiger charge is 2.21. The number of amides is 2. The molecule has 0 saturated heterocycles. The lowest BCUT2D eigenvalue weighted by Gasteiger charge is -2.09. The van der Waals surface area contributed by atoms with Crippen molar-refractivity contribution in [3.63, 3.8) is 0 Å². The van der Waals surface area contributed by atoms with Crippen LogP contribution in [0.2, 0.25) is 0 Å². The lowest BCUT2D eigenvalue weighted by Crippen LogP contribution is -2.39. The van der Waals surface area contributed by atoms with Crippen LogP contribution in [0, 0.1) is 5.82 Å². The van der Waals surface area contributed by atoms with Crippen molar-refractivity contribution < 1.29 is 18.7 Å². The summed E-state index contributed by atoms with van der Waals surface area (Å²) < 4.78 is 19.8. The molecule has 0 atom stereocenters. The number of fused-ring (bicyclic) bond motifs is 1. The van der Waals surface area contributed by atoms with E-state index >= 15 is 0 Å². The number of carbonyl (C=O) groups is 2. The molecule has 2 rings (SSSR count). The van der Waals surface area contributed by atoms with Crippen LogP contribution in [0.4, 0.5) is 4.39 Å². The molecule has 0 aliphatic rings. The number of rotatable bonds is 6. The van der Waals surface area contributed by atoms with Crippen molar-refractivity contribution in [3.8, 4) is 0 Å². The molecule has 1 aromatic carbocycles. The predicted molar refractivity (Wildman–Crippen MR) is 88.1 cm³/mol. The summed E-state index contributed by atoms with van der Waals surface area (Å²) in [5, 5.41) is 5.65. The summed E-state index contributed by atoms with van der Waals surface area (Å²) >= 11 is 1.19. The minimum Gasteiger partial charge on any atom is -0.380 e. The molecule has 124 valence electrons. The van der Waals surface area contributed by atoms with Crippen molar-refractivity contribution in [1.29, 1.82) is 0 Å². The highest BCUT2D eigenvalue weighted by atomic mass is 32.1. The number of carbonyl (C=O) groups excluding carboxylic acids is 2. The normalized spacial score (nSPS) is 11.0. The molecule has 0 fully saturated rings. The molecule has 0 unspecified atom stereocenters. The lowest BCUT2D eigenvalue weighted by atomic mass is 10.1. The molecule has 0 saturated carbocycles. The number of halogens is 1. The number of ether oxygens (including phenoxy) is 1. The van der Waals surface area contributed by atoms with E-state index in [0.717, 1.165) is 0 Å². The number of hydrogen-bond donors (Lipinski definition) is 2. The Bertz CT molecular complexity index is 727. The summed E-state index contributed by atoms with van der Waals surface area (Å²) in [6.45, 7) is 3.68. The van der Waals surface area contributed by atoms with E-state index in [0.29, 0.717) is 20.5 Å². The Morgan fingerprint density at radius 1 is 1.35 bits per heavy atom. The van der Waals surface area contributed by atoms with Crippen LogP contribution in [0.25, 0.3) is 10.1 Å². The van der Waals surface area contributed by atoms with Gasteiger partial charge in [-0.15, -0.1) is 11.3 Å². The summed E-state index contributed by atoms with van der Waals surface area (Å²) in [5.41, 5.74) is 0.507. The maximum atomic E-state index is 14.1. The van der Waals surface area contributed by atoms with Crippen molar-refractivity contribution >= 4 is 33.2 Å². The quantitative estimate of drug-likeness (QED) is 0.850. The molecule has 0 radical (unpaired) electrons. The van der Waals surface area contributed by atoms with Crippen LogP contribution in [0.5, 0.6) is 0 Å². The van der Waals surface area contributed by atoms with Gasteiger partial charge in [0, 0.05) is 28.8 Å². The number of methoxy groups -OCH3 is 1. The standard InChI is InChI=1S/C16H19FN2O3S/c1-9(2)19-13(20)7-18-16(21)15-10(8-22-3)14-11(17)5-4-6-12(14)23-15/h4-6,9H,7-8H2,1-3H3,(H,18,21)(H,19,20). The summed E-state index contributed by atoms with van der Waals surface area (Å²) in [6, 6.07) is 4.71. The van der Waals surface area contributed by atoms with E-state index in [-0.39, 0.29) is 30.9 Å². The van der Waals surface area contributed by atoms with Gasteiger partial charge in [-0.05, 0) is 26.0 Å². The van der Waals surface area contributed by atoms with Gasteiger partial charge in [-0.3, -0.25) is 9.59 Å². The van der Waals surface area contributed by atoms with Gasteiger partial charge < -0.3 is 15.4 Å². The predicted octanol–water partition coefficient (Wildman–Crippen LogP) is 2.44. The van der Waals surface area contributed by atoms with Crippen LogP contribution in [-0.4, -0.2) is 31.5 Å². The topological polar surface area (TPSA) is 67.4 Å². The van der Waals surface area contributed by atoms with Crippen LogP contribution in [-0.2, 0) is 16.1 Å². The van der Waals surface area contributed by atoms with E-state index in [4.69, 9.17) is 4.74 Å². The molecular formula is C16H19FN2O3S. The van der Waals surface area contributed by atoms with Crippen LogP contribution < -0.4 is 10.6 Å². The number of thiophene rings is 1. The van der Waals surface area contributed by atoms with E-state index in [1.807, 2.05) is 13.8 Å². The number of nitrogens with one attached hydrogen (secondary N) is 2. The monoisotopic (exact) mass is 338 g/mol. The van der Waals surface area contributed by atoms with E-state index in [2.05, 4.69) is 10.6 Å². The lowest BCUT2D eigenvalue weighted by molar-refractivity contribution is -0.120. The zero-order valence-electron chi connectivity index (χ0n) is 13.2. The van der Waals surface area contributed by atoms with Gasteiger partial charge in [-0.25, -0.2) is 4.39 Å². The van der Waals surface area contributed by atoms with Crippen LogP contribution in [0.15, 0.2) is 18.2 Å². The molecule has 7 heteroatoms. The van der Waals surface area contributed by atoms with Crippen molar-refractivity contribution in [2.75, 3.05) is 13.7 Å². The van der Waals surface area contributed by atoms with Crippen molar-refractivity contribution in [3.05, 3.63) is 34.5 Å². The average Bonchev–Trinajstić information content (AvgIpc) is 2.85. The minimum absolute atomic E-state index is 0.00174. The Labute approximate surface area is 137 Å². The van der Waals surface area contributed by atoms with E-state index < -0.39 is 5.91 Å². The van der Waals surface area contributed by atoms with Gasteiger partial charge in [-0.1, -0.05) is 6.07 Å². The van der Waals surface area contributed by atoms with E-state index in [1.165, 1.54) is 24.5 Å². The molecule has 5 nitrogen and oxygen atoms in total. The van der Waals surface area contributed by atoms with Gasteiger partial charge in [-0.2, -0.15) is 0 Å². The molecular weight excluding hydrogens is 319 g/mol. The Morgan fingerprint density at radius 3 is 2.74 bits per heavy atom. The highest BCUT2D eigenvalue weighted by Crippen LogP contribution is 2.33. The molecule has 2 N–H and O–H groups in total. The Kier molecular flexibility index (Phi) is 5.68. The zero-order chi connectivity index (χ0) is 17.0. The first-order valence-corrected chi connectivity index (χ1v) is 8.02. The summed E-state index contributed by atoms with van der Waals surface area (Å²) in [5.74, 6) is -1.06. The van der Waals surface area contributed by atoms with Crippen molar-refractivity contribution in [2.24, 2.45) is 0 Å².